The third kappa shape index (κ3) is 5.45. The lowest BCUT2D eigenvalue weighted by atomic mass is 10.2. The van der Waals surface area contributed by atoms with E-state index in [9.17, 15) is 0 Å². The third-order valence-corrected chi connectivity index (χ3v) is 2.91. The van der Waals surface area contributed by atoms with Gasteiger partial charge in [0.05, 0.1) is 19.4 Å². The molecule has 2 N–H and O–H groups in total. The molecule has 0 fully saturated rings. The molecule has 0 spiro atoms. The van der Waals surface area contributed by atoms with E-state index < -0.39 is 0 Å². The van der Waals surface area contributed by atoms with E-state index in [-0.39, 0.29) is 24.0 Å². The van der Waals surface area contributed by atoms with Crippen LogP contribution in [0.2, 0.25) is 0 Å². The minimum atomic E-state index is 0. The number of rotatable bonds is 5. The van der Waals surface area contributed by atoms with E-state index in [2.05, 4.69) is 15.6 Å². The number of nitrogens with one attached hydrogen (secondary N) is 2. The Morgan fingerprint density at radius 3 is 2.67 bits per heavy atom. The predicted octanol–water partition coefficient (Wildman–Crippen LogP) is 3.36. The van der Waals surface area contributed by atoms with E-state index in [0.717, 1.165) is 35.3 Å². The normalized spacial score (nSPS) is 11.1. The van der Waals surface area contributed by atoms with Crippen LogP contribution in [0.5, 0.6) is 0 Å². The lowest BCUT2D eigenvalue weighted by molar-refractivity contribution is 0.500. The third-order valence-electron chi connectivity index (χ3n) is 2.91. The van der Waals surface area contributed by atoms with Crippen molar-refractivity contribution in [2.24, 2.45) is 4.99 Å². The molecule has 0 aromatic carbocycles. The molecule has 0 saturated carbocycles. The van der Waals surface area contributed by atoms with Crippen LogP contribution in [0.1, 0.15) is 29.8 Å². The molecule has 2 aromatic heterocycles. The molecule has 2 aromatic rings. The topological polar surface area (TPSA) is 62.7 Å². The first-order valence-electron chi connectivity index (χ1n) is 6.79. The summed E-state index contributed by atoms with van der Waals surface area (Å²) in [6, 6.07) is 5.83. The Kier molecular flexibility index (Phi) is 7.35. The Hall–Kier alpha value is -1.44. The van der Waals surface area contributed by atoms with Gasteiger partial charge >= 0.3 is 0 Å². The van der Waals surface area contributed by atoms with Crippen LogP contribution in [-0.2, 0) is 13.1 Å². The van der Waals surface area contributed by atoms with Crippen molar-refractivity contribution in [3.05, 3.63) is 47.3 Å². The monoisotopic (exact) mass is 403 g/mol. The lowest BCUT2D eigenvalue weighted by Crippen LogP contribution is -2.36. The summed E-state index contributed by atoms with van der Waals surface area (Å²) in [7, 11) is 0. The molecule has 0 unspecified atom stereocenters. The zero-order valence-corrected chi connectivity index (χ0v) is 14.9. The molecule has 2 heterocycles. The van der Waals surface area contributed by atoms with Gasteiger partial charge in [-0.2, -0.15) is 0 Å². The Labute approximate surface area is 142 Å². The molecule has 5 nitrogen and oxygen atoms in total. The molecule has 0 atom stereocenters. The number of aliphatic imine (C=N–C) groups is 1. The SMILES string of the molecule is CCNC(=NCc1cc(C)oc1C)NCc1ccco1.I. The number of halogens is 1. The number of hydrogen-bond acceptors (Lipinski definition) is 3. The predicted molar refractivity (Wildman–Crippen MR) is 94.0 cm³/mol. The maximum Gasteiger partial charge on any atom is 0.191 e. The van der Waals surface area contributed by atoms with Crippen molar-refractivity contribution in [1.82, 2.24) is 10.6 Å². The Morgan fingerprint density at radius 2 is 2.10 bits per heavy atom. The number of hydrogen-bond donors (Lipinski definition) is 2. The van der Waals surface area contributed by atoms with Crippen molar-refractivity contribution in [2.45, 2.75) is 33.9 Å². The van der Waals surface area contributed by atoms with Gasteiger partial charge in [-0.05, 0) is 39.0 Å². The van der Waals surface area contributed by atoms with Crippen molar-refractivity contribution in [3.63, 3.8) is 0 Å². The highest BCUT2D eigenvalue weighted by atomic mass is 127. The number of furan rings is 2. The molecular formula is C15H22IN3O2. The molecule has 116 valence electrons. The zero-order valence-electron chi connectivity index (χ0n) is 12.6. The second-order valence-corrected chi connectivity index (χ2v) is 4.57. The van der Waals surface area contributed by atoms with Crippen LogP contribution in [0.15, 0.2) is 38.3 Å². The highest BCUT2D eigenvalue weighted by Gasteiger charge is 2.05. The fourth-order valence-electron chi connectivity index (χ4n) is 1.93. The van der Waals surface area contributed by atoms with Gasteiger partial charge < -0.3 is 19.5 Å². The van der Waals surface area contributed by atoms with Gasteiger partial charge in [0.1, 0.15) is 17.3 Å². The lowest BCUT2D eigenvalue weighted by Gasteiger charge is -2.09. The minimum absolute atomic E-state index is 0. The molecule has 0 aliphatic heterocycles. The first-order chi connectivity index (χ1) is 9.69. The smallest absolute Gasteiger partial charge is 0.191 e. The first-order valence-corrected chi connectivity index (χ1v) is 6.79. The molecule has 0 saturated heterocycles. The highest BCUT2D eigenvalue weighted by molar-refractivity contribution is 14.0. The van der Waals surface area contributed by atoms with Crippen molar-refractivity contribution in [3.8, 4) is 0 Å². The summed E-state index contributed by atoms with van der Waals surface area (Å²) in [5.74, 6) is 3.49. The van der Waals surface area contributed by atoms with Crippen LogP contribution < -0.4 is 10.6 Å². The highest BCUT2D eigenvalue weighted by Crippen LogP contribution is 2.14. The van der Waals surface area contributed by atoms with E-state index >= 15 is 0 Å². The van der Waals surface area contributed by atoms with Gasteiger partial charge in [0, 0.05) is 12.1 Å². The van der Waals surface area contributed by atoms with E-state index in [0.29, 0.717) is 13.1 Å². The number of nitrogens with zero attached hydrogens (tertiary/aromatic N) is 1. The van der Waals surface area contributed by atoms with E-state index in [1.165, 1.54) is 0 Å². The van der Waals surface area contributed by atoms with Crippen LogP contribution in [0.3, 0.4) is 0 Å². The molecular weight excluding hydrogens is 381 g/mol. The largest absolute Gasteiger partial charge is 0.467 e. The van der Waals surface area contributed by atoms with Crippen LogP contribution in [0, 0.1) is 13.8 Å². The van der Waals surface area contributed by atoms with Gasteiger partial charge in [-0.3, -0.25) is 0 Å². The van der Waals surface area contributed by atoms with Gasteiger partial charge in [-0.15, -0.1) is 24.0 Å². The van der Waals surface area contributed by atoms with Gasteiger partial charge in [0.25, 0.3) is 0 Å². The van der Waals surface area contributed by atoms with Gasteiger partial charge in [0.15, 0.2) is 5.96 Å². The molecule has 2 rings (SSSR count). The summed E-state index contributed by atoms with van der Waals surface area (Å²) in [4.78, 5) is 4.55. The average molecular weight is 403 g/mol. The summed E-state index contributed by atoms with van der Waals surface area (Å²) in [6.07, 6.45) is 1.67. The Morgan fingerprint density at radius 1 is 1.29 bits per heavy atom. The first kappa shape index (κ1) is 17.6. The summed E-state index contributed by atoms with van der Waals surface area (Å²) < 4.78 is 10.8. The zero-order chi connectivity index (χ0) is 14.4. The summed E-state index contributed by atoms with van der Waals surface area (Å²) >= 11 is 0. The summed E-state index contributed by atoms with van der Waals surface area (Å²) in [6.45, 7) is 7.96. The number of aryl methyl sites for hydroxylation is 2. The second-order valence-electron chi connectivity index (χ2n) is 4.57. The maximum absolute atomic E-state index is 5.50. The van der Waals surface area contributed by atoms with E-state index in [1.807, 2.05) is 39.0 Å². The molecule has 0 bridgehead atoms. The van der Waals surface area contributed by atoms with Crippen LogP contribution >= 0.6 is 24.0 Å². The molecule has 21 heavy (non-hydrogen) atoms. The standard InChI is InChI=1S/C15H21N3O2.HI/c1-4-16-15(18-10-14-6-5-7-19-14)17-9-13-8-11(2)20-12(13)3;/h5-8H,4,9-10H2,1-3H3,(H2,16,17,18);1H. The van der Waals surface area contributed by atoms with Gasteiger partial charge in [-0.25, -0.2) is 4.99 Å². The summed E-state index contributed by atoms with van der Waals surface area (Å²) in [5, 5.41) is 6.44. The molecule has 6 heteroatoms. The maximum atomic E-state index is 5.50. The number of guanidine groups is 1. The second kappa shape index (κ2) is 8.76. The summed E-state index contributed by atoms with van der Waals surface area (Å²) in [5.41, 5.74) is 1.11. The van der Waals surface area contributed by atoms with Crippen LogP contribution in [0.4, 0.5) is 0 Å². The molecule has 0 amide bonds. The van der Waals surface area contributed by atoms with Crippen LogP contribution in [-0.4, -0.2) is 12.5 Å². The van der Waals surface area contributed by atoms with Crippen LogP contribution in [0.25, 0.3) is 0 Å². The van der Waals surface area contributed by atoms with Crippen molar-refractivity contribution in [1.29, 1.82) is 0 Å². The molecule has 0 aliphatic rings. The fraction of sp³-hybridized carbons (Fsp3) is 0.400. The van der Waals surface area contributed by atoms with Crippen molar-refractivity contribution in [2.75, 3.05) is 6.54 Å². The molecule has 0 radical (unpaired) electrons. The minimum Gasteiger partial charge on any atom is -0.467 e. The Bertz CT molecular complexity index is 561. The van der Waals surface area contributed by atoms with E-state index in [1.54, 1.807) is 6.26 Å². The van der Waals surface area contributed by atoms with Gasteiger partial charge in [-0.1, -0.05) is 0 Å². The fourth-order valence-corrected chi connectivity index (χ4v) is 1.93. The van der Waals surface area contributed by atoms with Crippen molar-refractivity contribution >= 4 is 29.9 Å². The quantitative estimate of drug-likeness (QED) is 0.457. The van der Waals surface area contributed by atoms with E-state index in [4.69, 9.17) is 8.83 Å². The average Bonchev–Trinajstić information content (AvgIpc) is 3.03. The van der Waals surface area contributed by atoms with Crippen molar-refractivity contribution < 1.29 is 8.83 Å². The Balaban J connectivity index is 0.00000220. The van der Waals surface area contributed by atoms with Gasteiger partial charge in [0.2, 0.25) is 0 Å². The molecule has 0 aliphatic carbocycles.